The summed E-state index contributed by atoms with van der Waals surface area (Å²) in [6, 6.07) is 6.96. The Hall–Kier alpha value is -1.71. The SMILES string of the molecule is CCCCCCCCOc1ccc(NC(=O)O)cc1. The molecule has 0 aromatic heterocycles. The number of amides is 1. The number of hydrogen-bond acceptors (Lipinski definition) is 2. The number of ether oxygens (including phenoxy) is 1. The van der Waals surface area contributed by atoms with Crippen LogP contribution in [0.1, 0.15) is 45.4 Å². The van der Waals surface area contributed by atoms with Crippen LogP contribution in [0.4, 0.5) is 10.5 Å². The van der Waals surface area contributed by atoms with Crippen LogP contribution < -0.4 is 10.1 Å². The highest BCUT2D eigenvalue weighted by Crippen LogP contribution is 2.16. The largest absolute Gasteiger partial charge is 0.494 e. The fourth-order valence-corrected chi connectivity index (χ4v) is 1.83. The fraction of sp³-hybridized carbons (Fsp3) is 0.533. The number of hydrogen-bond donors (Lipinski definition) is 2. The van der Waals surface area contributed by atoms with E-state index in [-0.39, 0.29) is 0 Å². The second-order valence-electron chi connectivity index (χ2n) is 4.57. The van der Waals surface area contributed by atoms with Gasteiger partial charge >= 0.3 is 6.09 Å². The molecule has 0 radical (unpaired) electrons. The van der Waals surface area contributed by atoms with Crippen molar-refractivity contribution in [3.05, 3.63) is 24.3 Å². The third-order valence-corrected chi connectivity index (χ3v) is 2.87. The lowest BCUT2D eigenvalue weighted by Gasteiger charge is -2.07. The van der Waals surface area contributed by atoms with Gasteiger partial charge in [-0.3, -0.25) is 5.32 Å². The third kappa shape index (κ3) is 7.34. The molecule has 1 aromatic rings. The minimum Gasteiger partial charge on any atom is -0.494 e. The van der Waals surface area contributed by atoms with Crippen LogP contribution in [0.3, 0.4) is 0 Å². The number of nitrogens with one attached hydrogen (secondary N) is 1. The topological polar surface area (TPSA) is 58.6 Å². The minimum absolute atomic E-state index is 0.555. The first-order valence-corrected chi connectivity index (χ1v) is 6.95. The van der Waals surface area contributed by atoms with Crippen LogP contribution in [0.5, 0.6) is 5.75 Å². The van der Waals surface area contributed by atoms with Crippen molar-refractivity contribution in [2.45, 2.75) is 45.4 Å². The first-order chi connectivity index (χ1) is 9.22. The number of unbranched alkanes of at least 4 members (excludes halogenated alkanes) is 5. The molecular formula is C15H23NO3. The Bertz CT molecular complexity index is 362. The Morgan fingerprint density at radius 2 is 1.74 bits per heavy atom. The van der Waals surface area contributed by atoms with Crippen LogP contribution in [0.25, 0.3) is 0 Å². The van der Waals surface area contributed by atoms with Gasteiger partial charge in [0.2, 0.25) is 0 Å². The molecule has 4 heteroatoms. The van der Waals surface area contributed by atoms with E-state index in [1.54, 1.807) is 24.3 Å². The van der Waals surface area contributed by atoms with Gasteiger partial charge in [0, 0.05) is 5.69 Å². The molecule has 2 N–H and O–H groups in total. The molecule has 0 aliphatic heterocycles. The van der Waals surface area contributed by atoms with Gasteiger partial charge in [0.1, 0.15) is 5.75 Å². The van der Waals surface area contributed by atoms with Gasteiger partial charge in [-0.25, -0.2) is 4.79 Å². The highest BCUT2D eigenvalue weighted by molar-refractivity contribution is 5.82. The lowest BCUT2D eigenvalue weighted by atomic mass is 10.1. The molecular weight excluding hydrogens is 242 g/mol. The zero-order chi connectivity index (χ0) is 13.9. The molecule has 0 saturated heterocycles. The van der Waals surface area contributed by atoms with E-state index in [4.69, 9.17) is 9.84 Å². The normalized spacial score (nSPS) is 10.2. The van der Waals surface area contributed by atoms with Crippen LogP contribution in [-0.2, 0) is 0 Å². The van der Waals surface area contributed by atoms with Crippen LogP contribution in [0, 0.1) is 0 Å². The quantitative estimate of drug-likeness (QED) is 0.645. The van der Waals surface area contributed by atoms with Crippen LogP contribution in [-0.4, -0.2) is 17.8 Å². The summed E-state index contributed by atoms with van der Waals surface area (Å²) in [5.74, 6) is 0.782. The third-order valence-electron chi connectivity index (χ3n) is 2.87. The second kappa shape index (κ2) is 9.25. The van der Waals surface area contributed by atoms with Crippen molar-refractivity contribution in [1.82, 2.24) is 0 Å². The van der Waals surface area contributed by atoms with E-state index in [1.807, 2.05) is 0 Å². The number of anilines is 1. The summed E-state index contributed by atoms with van der Waals surface area (Å²) in [4.78, 5) is 10.4. The molecule has 0 heterocycles. The molecule has 0 unspecified atom stereocenters. The average Bonchev–Trinajstić information content (AvgIpc) is 2.39. The Kier molecular flexibility index (Phi) is 7.47. The number of benzene rings is 1. The van der Waals surface area contributed by atoms with E-state index in [1.165, 1.54) is 32.1 Å². The summed E-state index contributed by atoms with van der Waals surface area (Å²) >= 11 is 0. The summed E-state index contributed by atoms with van der Waals surface area (Å²) in [6.45, 7) is 2.93. The summed E-state index contributed by atoms with van der Waals surface area (Å²) in [5.41, 5.74) is 0.555. The van der Waals surface area contributed by atoms with E-state index < -0.39 is 6.09 Å². The molecule has 0 aliphatic rings. The molecule has 0 spiro atoms. The van der Waals surface area contributed by atoms with Crippen molar-refractivity contribution in [2.24, 2.45) is 0 Å². The van der Waals surface area contributed by atoms with Crippen LogP contribution >= 0.6 is 0 Å². The zero-order valence-electron chi connectivity index (χ0n) is 11.5. The summed E-state index contributed by atoms with van der Waals surface area (Å²) in [5, 5.41) is 10.8. The number of carbonyl (C=O) groups is 1. The van der Waals surface area contributed by atoms with Gasteiger partial charge in [-0.15, -0.1) is 0 Å². The molecule has 0 aliphatic carbocycles. The van der Waals surface area contributed by atoms with Gasteiger partial charge in [0.15, 0.2) is 0 Å². The van der Waals surface area contributed by atoms with Gasteiger partial charge in [-0.1, -0.05) is 39.0 Å². The van der Waals surface area contributed by atoms with Crippen LogP contribution in [0.2, 0.25) is 0 Å². The number of rotatable bonds is 9. The molecule has 106 valence electrons. The Morgan fingerprint density at radius 1 is 1.11 bits per heavy atom. The first-order valence-electron chi connectivity index (χ1n) is 6.95. The maximum Gasteiger partial charge on any atom is 0.409 e. The summed E-state index contributed by atoms with van der Waals surface area (Å²) in [7, 11) is 0. The fourth-order valence-electron chi connectivity index (χ4n) is 1.83. The van der Waals surface area contributed by atoms with Crippen LogP contribution in [0.15, 0.2) is 24.3 Å². The van der Waals surface area contributed by atoms with Crippen molar-refractivity contribution in [2.75, 3.05) is 11.9 Å². The second-order valence-corrected chi connectivity index (χ2v) is 4.57. The van der Waals surface area contributed by atoms with Crippen molar-refractivity contribution in [3.8, 4) is 5.75 Å². The van der Waals surface area contributed by atoms with E-state index in [2.05, 4.69) is 12.2 Å². The molecule has 19 heavy (non-hydrogen) atoms. The summed E-state index contributed by atoms with van der Waals surface area (Å²) < 4.78 is 5.60. The van der Waals surface area contributed by atoms with Gasteiger partial charge < -0.3 is 9.84 Å². The van der Waals surface area contributed by atoms with E-state index >= 15 is 0 Å². The predicted octanol–water partition coefficient (Wildman–Crippen LogP) is 4.52. The van der Waals surface area contributed by atoms with Crippen molar-refractivity contribution in [1.29, 1.82) is 0 Å². The Balaban J connectivity index is 2.14. The molecule has 0 atom stereocenters. The Labute approximate surface area is 114 Å². The standard InChI is InChI=1S/C15H23NO3/c1-2-3-4-5-6-7-12-19-14-10-8-13(9-11-14)16-15(17)18/h8-11,16H,2-7,12H2,1H3,(H,17,18). The summed E-state index contributed by atoms with van der Waals surface area (Å²) in [6.07, 6.45) is 6.40. The predicted molar refractivity (Wildman–Crippen MR) is 77.0 cm³/mol. The van der Waals surface area contributed by atoms with E-state index in [9.17, 15) is 4.79 Å². The lowest BCUT2D eigenvalue weighted by molar-refractivity contribution is 0.209. The minimum atomic E-state index is -1.05. The molecule has 4 nitrogen and oxygen atoms in total. The highest BCUT2D eigenvalue weighted by Gasteiger charge is 1.98. The monoisotopic (exact) mass is 265 g/mol. The molecule has 0 saturated carbocycles. The van der Waals surface area contributed by atoms with Gasteiger partial charge in [-0.05, 0) is 30.7 Å². The van der Waals surface area contributed by atoms with E-state index in [0.717, 1.165) is 18.8 Å². The van der Waals surface area contributed by atoms with Crippen molar-refractivity contribution in [3.63, 3.8) is 0 Å². The molecule has 0 bridgehead atoms. The lowest BCUT2D eigenvalue weighted by Crippen LogP contribution is -2.06. The smallest absolute Gasteiger partial charge is 0.409 e. The van der Waals surface area contributed by atoms with E-state index in [0.29, 0.717) is 5.69 Å². The highest BCUT2D eigenvalue weighted by atomic mass is 16.5. The van der Waals surface area contributed by atoms with Crippen molar-refractivity contribution < 1.29 is 14.6 Å². The zero-order valence-corrected chi connectivity index (χ0v) is 11.5. The maximum absolute atomic E-state index is 10.4. The van der Waals surface area contributed by atoms with Gasteiger partial charge in [0.25, 0.3) is 0 Å². The molecule has 1 aromatic carbocycles. The molecule has 0 fully saturated rings. The number of carboxylic acid groups (broad SMARTS) is 1. The molecule has 1 amide bonds. The van der Waals surface area contributed by atoms with Crippen molar-refractivity contribution >= 4 is 11.8 Å². The van der Waals surface area contributed by atoms with Gasteiger partial charge in [-0.2, -0.15) is 0 Å². The maximum atomic E-state index is 10.4. The first kappa shape index (κ1) is 15.3. The molecule has 1 rings (SSSR count). The average molecular weight is 265 g/mol. The Morgan fingerprint density at radius 3 is 2.37 bits per heavy atom. The van der Waals surface area contributed by atoms with Gasteiger partial charge in [0.05, 0.1) is 6.61 Å².